The summed E-state index contributed by atoms with van der Waals surface area (Å²) in [4.78, 5) is 33.4. The first kappa shape index (κ1) is 15.1. The number of hydrogen-bond acceptors (Lipinski definition) is 5. The molecule has 0 rings (SSSR count). The lowest BCUT2D eigenvalue weighted by atomic mass is 10.2. The number of aliphatic carboxylic acids is 1. The number of carbonyl (C=O) groups is 3. The first-order valence-electron chi connectivity index (χ1n) is 4.95. The Morgan fingerprint density at radius 2 is 1.88 bits per heavy atom. The zero-order valence-electron chi connectivity index (χ0n) is 9.84. The van der Waals surface area contributed by atoms with E-state index in [4.69, 9.17) is 15.1 Å². The van der Waals surface area contributed by atoms with Gasteiger partial charge < -0.3 is 9.84 Å². The fourth-order valence-electron chi connectivity index (χ4n) is 0.892. The molecule has 2 N–H and O–H groups in total. The van der Waals surface area contributed by atoms with Gasteiger partial charge in [0, 0.05) is 12.6 Å². The molecule has 0 aromatic rings. The zero-order valence-corrected chi connectivity index (χ0v) is 9.84. The Bertz CT molecular complexity index is 347. The van der Waals surface area contributed by atoms with Gasteiger partial charge in [-0.05, 0) is 20.8 Å². The normalized spacial score (nSPS) is 11.2. The van der Waals surface area contributed by atoms with Gasteiger partial charge in [-0.3, -0.25) is 10.0 Å². The molecule has 7 heteroatoms. The molecule has 0 spiro atoms. The highest BCUT2D eigenvalue weighted by atomic mass is 16.5. The van der Waals surface area contributed by atoms with Crippen molar-refractivity contribution in [3.63, 3.8) is 0 Å². The van der Waals surface area contributed by atoms with Gasteiger partial charge in [0.05, 0.1) is 6.10 Å². The minimum absolute atomic E-state index is 0.0786. The lowest BCUT2D eigenvalue weighted by Gasteiger charge is -2.15. The van der Waals surface area contributed by atoms with Crippen LogP contribution in [0.15, 0.2) is 11.6 Å². The molecule has 0 unspecified atom stereocenters. The molecule has 0 saturated heterocycles. The number of ether oxygens (including phenoxy) is 1. The number of rotatable bonds is 5. The number of likely N-dealkylation sites (N-methyl/N-ethyl adjacent to an activating group) is 1. The molecule has 0 radical (unpaired) electrons. The number of carbonyl (C=O) groups excluding carboxylic acids is 2. The van der Waals surface area contributed by atoms with Crippen LogP contribution in [0.2, 0.25) is 0 Å². The van der Waals surface area contributed by atoms with Crippen molar-refractivity contribution >= 4 is 17.8 Å². The van der Waals surface area contributed by atoms with Gasteiger partial charge in [0.15, 0.2) is 0 Å². The summed E-state index contributed by atoms with van der Waals surface area (Å²) in [6, 6.07) is 0. The summed E-state index contributed by atoms with van der Waals surface area (Å²) in [5.41, 5.74) is -0.726. The molecule has 0 atom stereocenters. The van der Waals surface area contributed by atoms with Crippen molar-refractivity contribution in [2.75, 3.05) is 6.54 Å². The molecular formula is C10H15NO6. The van der Waals surface area contributed by atoms with Crippen molar-refractivity contribution < 1.29 is 29.4 Å². The number of amides is 1. The first-order chi connectivity index (χ1) is 7.79. The molecule has 0 aliphatic rings. The largest absolute Gasteiger partial charge is 0.478 e. The molecule has 7 nitrogen and oxygen atoms in total. The standard InChI is InChI=1S/C10H15NO6/c1-4-11(16)9(14)7(5-8(12)13)10(15)17-6(2)3/h5-6,16H,4H2,1-3H3,(H,12,13). The number of carboxylic acid groups (broad SMARTS) is 1. The van der Waals surface area contributed by atoms with Crippen LogP contribution in [0.25, 0.3) is 0 Å². The predicted molar refractivity (Wildman–Crippen MR) is 56.1 cm³/mol. The Kier molecular flexibility index (Phi) is 5.90. The Morgan fingerprint density at radius 1 is 1.35 bits per heavy atom. The third kappa shape index (κ3) is 5.12. The van der Waals surface area contributed by atoms with Crippen molar-refractivity contribution in [2.24, 2.45) is 0 Å². The van der Waals surface area contributed by atoms with Gasteiger partial charge in [-0.25, -0.2) is 14.7 Å². The topological polar surface area (TPSA) is 104 Å². The zero-order chi connectivity index (χ0) is 13.6. The van der Waals surface area contributed by atoms with Crippen molar-refractivity contribution in [2.45, 2.75) is 26.9 Å². The number of nitrogens with zero attached hydrogens (tertiary/aromatic N) is 1. The molecule has 96 valence electrons. The third-order valence-electron chi connectivity index (χ3n) is 1.59. The van der Waals surface area contributed by atoms with Crippen molar-refractivity contribution in [1.82, 2.24) is 5.06 Å². The lowest BCUT2D eigenvalue weighted by Crippen LogP contribution is -2.33. The molecule has 0 fully saturated rings. The van der Waals surface area contributed by atoms with E-state index in [0.29, 0.717) is 6.08 Å². The second-order valence-electron chi connectivity index (χ2n) is 3.37. The molecular weight excluding hydrogens is 230 g/mol. The van der Waals surface area contributed by atoms with Crippen LogP contribution in [-0.4, -0.2) is 45.9 Å². The SMILES string of the molecule is CCN(O)C(=O)C(=CC(=O)O)C(=O)OC(C)C. The molecule has 0 aromatic carbocycles. The van der Waals surface area contributed by atoms with Crippen LogP contribution >= 0.6 is 0 Å². The number of carboxylic acids is 1. The van der Waals surface area contributed by atoms with Gasteiger partial charge >= 0.3 is 11.9 Å². The molecule has 1 amide bonds. The summed E-state index contributed by atoms with van der Waals surface area (Å²) in [7, 11) is 0. The lowest BCUT2D eigenvalue weighted by molar-refractivity contribution is -0.163. The smallest absolute Gasteiger partial charge is 0.344 e. The summed E-state index contributed by atoms with van der Waals surface area (Å²) in [5, 5.41) is 17.9. The Labute approximate surface area is 98.2 Å². The maximum atomic E-state index is 11.5. The Balaban J connectivity index is 5.09. The monoisotopic (exact) mass is 245 g/mol. The highest BCUT2D eigenvalue weighted by Gasteiger charge is 2.25. The molecule has 0 aliphatic heterocycles. The fraction of sp³-hybridized carbons (Fsp3) is 0.500. The molecule has 0 saturated carbocycles. The number of hydroxylamine groups is 2. The summed E-state index contributed by atoms with van der Waals surface area (Å²) in [6.07, 6.45) is -0.0902. The van der Waals surface area contributed by atoms with E-state index in [-0.39, 0.29) is 11.6 Å². The van der Waals surface area contributed by atoms with E-state index in [1.54, 1.807) is 13.8 Å². The Hall–Kier alpha value is -1.89. The molecule has 0 bridgehead atoms. The summed E-state index contributed by atoms with van der Waals surface area (Å²) in [5.74, 6) is -3.67. The molecule has 0 aromatic heterocycles. The van der Waals surface area contributed by atoms with Gasteiger partial charge in [0.2, 0.25) is 0 Å². The summed E-state index contributed by atoms with van der Waals surface area (Å²) >= 11 is 0. The number of esters is 1. The number of hydrogen-bond donors (Lipinski definition) is 2. The minimum atomic E-state index is -1.47. The Morgan fingerprint density at radius 3 is 2.24 bits per heavy atom. The first-order valence-corrected chi connectivity index (χ1v) is 4.95. The van der Waals surface area contributed by atoms with Crippen molar-refractivity contribution in [3.8, 4) is 0 Å². The van der Waals surface area contributed by atoms with E-state index >= 15 is 0 Å². The fourth-order valence-corrected chi connectivity index (χ4v) is 0.892. The molecule has 0 heterocycles. The van der Waals surface area contributed by atoms with E-state index in [0.717, 1.165) is 0 Å². The van der Waals surface area contributed by atoms with E-state index in [9.17, 15) is 14.4 Å². The van der Waals surface area contributed by atoms with Crippen LogP contribution in [0.4, 0.5) is 0 Å². The van der Waals surface area contributed by atoms with Gasteiger partial charge in [-0.1, -0.05) is 0 Å². The second-order valence-corrected chi connectivity index (χ2v) is 3.37. The predicted octanol–water partition coefficient (Wildman–Crippen LogP) is 0.187. The average molecular weight is 245 g/mol. The quantitative estimate of drug-likeness (QED) is 0.179. The van der Waals surface area contributed by atoms with Crippen LogP contribution in [0, 0.1) is 0 Å². The van der Waals surface area contributed by atoms with Crippen LogP contribution in [0.1, 0.15) is 20.8 Å². The van der Waals surface area contributed by atoms with Gasteiger partial charge in [-0.2, -0.15) is 0 Å². The van der Waals surface area contributed by atoms with E-state index in [1.165, 1.54) is 6.92 Å². The van der Waals surface area contributed by atoms with E-state index in [1.807, 2.05) is 0 Å². The van der Waals surface area contributed by atoms with E-state index in [2.05, 4.69) is 0 Å². The second kappa shape index (κ2) is 6.64. The van der Waals surface area contributed by atoms with Crippen LogP contribution in [-0.2, 0) is 19.1 Å². The van der Waals surface area contributed by atoms with Gasteiger partial charge in [0.1, 0.15) is 5.57 Å². The molecule has 17 heavy (non-hydrogen) atoms. The van der Waals surface area contributed by atoms with Gasteiger partial charge in [0.25, 0.3) is 5.91 Å². The van der Waals surface area contributed by atoms with Crippen LogP contribution in [0.3, 0.4) is 0 Å². The third-order valence-corrected chi connectivity index (χ3v) is 1.59. The highest BCUT2D eigenvalue weighted by Crippen LogP contribution is 2.05. The average Bonchev–Trinajstić information content (AvgIpc) is 2.22. The maximum absolute atomic E-state index is 11.5. The minimum Gasteiger partial charge on any atom is -0.478 e. The van der Waals surface area contributed by atoms with Crippen molar-refractivity contribution in [3.05, 3.63) is 11.6 Å². The van der Waals surface area contributed by atoms with Gasteiger partial charge in [-0.15, -0.1) is 0 Å². The van der Waals surface area contributed by atoms with Crippen LogP contribution < -0.4 is 0 Å². The summed E-state index contributed by atoms with van der Waals surface area (Å²) < 4.78 is 4.70. The van der Waals surface area contributed by atoms with Crippen molar-refractivity contribution in [1.29, 1.82) is 0 Å². The summed E-state index contributed by atoms with van der Waals surface area (Å²) in [6.45, 7) is 4.49. The van der Waals surface area contributed by atoms with E-state index < -0.39 is 29.5 Å². The van der Waals surface area contributed by atoms with Crippen LogP contribution in [0.5, 0.6) is 0 Å². The molecule has 0 aliphatic carbocycles. The maximum Gasteiger partial charge on any atom is 0.344 e. The highest BCUT2D eigenvalue weighted by molar-refractivity contribution is 6.18.